The van der Waals surface area contributed by atoms with Crippen LogP contribution in [-0.4, -0.2) is 0 Å². The van der Waals surface area contributed by atoms with Gasteiger partial charge in [-0.1, -0.05) is 6.42 Å². The molecule has 5 aliphatic carbocycles. The second-order valence-corrected chi connectivity index (χ2v) is 5.49. The highest BCUT2D eigenvalue weighted by atomic mass is 14.7. The van der Waals surface area contributed by atoms with E-state index in [9.17, 15) is 0 Å². The summed E-state index contributed by atoms with van der Waals surface area (Å²) in [5.74, 6) is 7.37. The van der Waals surface area contributed by atoms with E-state index in [-0.39, 0.29) is 0 Å². The first kappa shape index (κ1) is 5.61. The molecule has 5 fully saturated rings. The van der Waals surface area contributed by atoms with Crippen molar-refractivity contribution in [1.29, 1.82) is 0 Å². The maximum atomic E-state index is 1.64. The minimum Gasteiger partial charge on any atom is -0.0501 e. The summed E-state index contributed by atoms with van der Waals surface area (Å²) < 4.78 is 0. The minimum absolute atomic E-state index is 1.18. The van der Waals surface area contributed by atoms with Gasteiger partial charge in [-0.2, -0.15) is 0 Å². The van der Waals surface area contributed by atoms with E-state index in [4.69, 9.17) is 0 Å². The maximum absolute atomic E-state index is 1.64. The van der Waals surface area contributed by atoms with Crippen molar-refractivity contribution in [3.63, 3.8) is 0 Å². The Bertz CT molecular complexity index is 184. The van der Waals surface area contributed by atoms with Crippen molar-refractivity contribution in [2.45, 2.75) is 32.1 Å². The van der Waals surface area contributed by atoms with Crippen molar-refractivity contribution < 1.29 is 0 Å². The summed E-state index contributed by atoms with van der Waals surface area (Å²) in [6.45, 7) is 0. The van der Waals surface area contributed by atoms with Crippen LogP contribution in [0.3, 0.4) is 0 Å². The summed E-state index contributed by atoms with van der Waals surface area (Å²) in [7, 11) is 0. The lowest BCUT2D eigenvalue weighted by atomic mass is 9.78. The average Bonchev–Trinajstić information content (AvgIpc) is 2.69. The fourth-order valence-electron chi connectivity index (χ4n) is 4.97. The number of rotatable bonds is 0. The molecule has 0 saturated heterocycles. The number of hydrogen-bond donors (Lipinski definition) is 0. The topological polar surface area (TPSA) is 0 Å². The van der Waals surface area contributed by atoms with Gasteiger partial charge in [0.05, 0.1) is 0 Å². The largest absolute Gasteiger partial charge is 0.0501 e. The van der Waals surface area contributed by atoms with Gasteiger partial charge in [0.2, 0.25) is 0 Å². The zero-order valence-corrected chi connectivity index (χ0v) is 7.00. The molecule has 0 aromatic rings. The molecule has 4 atom stereocenters. The molecule has 0 aromatic carbocycles. The Balaban J connectivity index is 1.84. The molecule has 0 aliphatic heterocycles. The summed E-state index contributed by atoms with van der Waals surface area (Å²) in [5, 5.41) is 0. The highest BCUT2D eigenvalue weighted by Crippen LogP contribution is 2.72. The summed E-state index contributed by atoms with van der Waals surface area (Å²) in [4.78, 5) is 0. The van der Waals surface area contributed by atoms with Crippen molar-refractivity contribution in [1.82, 2.24) is 0 Å². The zero-order chi connectivity index (χ0) is 7.00. The average molecular weight is 148 g/mol. The van der Waals surface area contributed by atoms with Crippen LogP contribution >= 0.6 is 0 Å². The van der Waals surface area contributed by atoms with Crippen molar-refractivity contribution in [3.8, 4) is 0 Å². The van der Waals surface area contributed by atoms with E-state index < -0.39 is 0 Å². The van der Waals surface area contributed by atoms with Gasteiger partial charge in [0.25, 0.3) is 0 Å². The normalized spacial score (nSPS) is 69.8. The highest BCUT2D eigenvalue weighted by Gasteiger charge is 2.65. The van der Waals surface area contributed by atoms with E-state index in [1.165, 1.54) is 35.5 Å². The first-order valence-corrected chi connectivity index (χ1v) is 5.43. The Morgan fingerprint density at radius 2 is 1.45 bits per heavy atom. The molecule has 0 radical (unpaired) electrons. The lowest BCUT2D eigenvalue weighted by molar-refractivity contribution is 0.234. The summed E-state index contributed by atoms with van der Waals surface area (Å²) in [6.07, 6.45) is 8.13. The lowest BCUT2D eigenvalue weighted by Crippen LogP contribution is -2.17. The first-order valence-electron chi connectivity index (χ1n) is 5.43. The van der Waals surface area contributed by atoms with E-state index in [1.807, 2.05) is 0 Å². The maximum Gasteiger partial charge on any atom is -0.0321 e. The molecule has 4 unspecified atom stereocenters. The monoisotopic (exact) mass is 148 g/mol. The van der Waals surface area contributed by atoms with E-state index >= 15 is 0 Å². The molecule has 11 heavy (non-hydrogen) atoms. The molecular weight excluding hydrogens is 132 g/mol. The fraction of sp³-hybridized carbons (Fsp3) is 1.00. The molecule has 0 N–H and O–H groups in total. The molecule has 0 nitrogen and oxygen atoms in total. The van der Waals surface area contributed by atoms with Gasteiger partial charge in [0.15, 0.2) is 0 Å². The second-order valence-electron chi connectivity index (χ2n) is 5.49. The summed E-state index contributed by atoms with van der Waals surface area (Å²) >= 11 is 0. The smallest absolute Gasteiger partial charge is 0.0321 e. The standard InChI is InChI=1S/C11H16/c1-2-9-10-7-3-6(1)4-8(5-7)11(9)10/h6-11H,1-5H2. The van der Waals surface area contributed by atoms with Crippen LogP contribution in [0.15, 0.2) is 0 Å². The molecule has 5 saturated carbocycles. The molecule has 0 spiro atoms. The van der Waals surface area contributed by atoms with Gasteiger partial charge in [-0.15, -0.1) is 0 Å². The number of hydrogen-bond acceptors (Lipinski definition) is 0. The van der Waals surface area contributed by atoms with Gasteiger partial charge in [0.1, 0.15) is 0 Å². The van der Waals surface area contributed by atoms with Crippen LogP contribution in [0, 0.1) is 35.5 Å². The molecule has 0 heteroatoms. The quantitative estimate of drug-likeness (QED) is 0.495. The van der Waals surface area contributed by atoms with Gasteiger partial charge in [-0.3, -0.25) is 0 Å². The van der Waals surface area contributed by atoms with Gasteiger partial charge in [-0.25, -0.2) is 0 Å². The Morgan fingerprint density at radius 3 is 2.18 bits per heavy atom. The van der Waals surface area contributed by atoms with Crippen LogP contribution in [0.5, 0.6) is 0 Å². The molecule has 0 amide bonds. The molecule has 4 bridgehead atoms. The minimum atomic E-state index is 1.18. The number of fused-ring (bicyclic) bond motifs is 1. The molecule has 60 valence electrons. The van der Waals surface area contributed by atoms with Crippen LogP contribution in [0.4, 0.5) is 0 Å². The lowest BCUT2D eigenvalue weighted by Gasteiger charge is -2.27. The molecular formula is C11H16. The van der Waals surface area contributed by atoms with Crippen LogP contribution in [-0.2, 0) is 0 Å². The van der Waals surface area contributed by atoms with E-state index in [0.717, 1.165) is 0 Å². The molecule has 0 heterocycles. The Labute approximate surface area is 68.4 Å². The van der Waals surface area contributed by atoms with Crippen molar-refractivity contribution in [2.75, 3.05) is 0 Å². The first-order chi connectivity index (χ1) is 5.43. The summed E-state index contributed by atoms with van der Waals surface area (Å²) in [6, 6.07) is 0. The molecule has 5 rings (SSSR count). The van der Waals surface area contributed by atoms with Crippen LogP contribution < -0.4 is 0 Å². The predicted molar refractivity (Wildman–Crippen MR) is 44.0 cm³/mol. The predicted octanol–water partition coefficient (Wildman–Crippen LogP) is 2.69. The Morgan fingerprint density at radius 1 is 0.727 bits per heavy atom. The van der Waals surface area contributed by atoms with Crippen molar-refractivity contribution in [2.24, 2.45) is 35.5 Å². The van der Waals surface area contributed by atoms with E-state index in [2.05, 4.69) is 0 Å². The SMILES string of the molecule is C1CC2C3C4CC1CC(C4)C23. The zero-order valence-electron chi connectivity index (χ0n) is 7.00. The van der Waals surface area contributed by atoms with Crippen molar-refractivity contribution >= 4 is 0 Å². The van der Waals surface area contributed by atoms with Crippen LogP contribution in [0.2, 0.25) is 0 Å². The van der Waals surface area contributed by atoms with Crippen molar-refractivity contribution in [3.05, 3.63) is 0 Å². The third-order valence-electron chi connectivity index (χ3n) is 5.17. The van der Waals surface area contributed by atoms with E-state index in [1.54, 1.807) is 32.1 Å². The summed E-state index contributed by atoms with van der Waals surface area (Å²) in [5.41, 5.74) is 0. The third-order valence-corrected chi connectivity index (χ3v) is 5.17. The van der Waals surface area contributed by atoms with Crippen LogP contribution in [0.1, 0.15) is 32.1 Å². The second kappa shape index (κ2) is 1.53. The highest BCUT2D eigenvalue weighted by molar-refractivity contribution is 5.13. The third kappa shape index (κ3) is 0.522. The Kier molecular flexibility index (Phi) is 0.781. The van der Waals surface area contributed by atoms with Gasteiger partial charge in [0, 0.05) is 0 Å². The van der Waals surface area contributed by atoms with Gasteiger partial charge < -0.3 is 0 Å². The molecule has 0 aromatic heterocycles. The fourth-order valence-corrected chi connectivity index (χ4v) is 4.97. The molecule has 5 aliphatic rings. The van der Waals surface area contributed by atoms with Crippen LogP contribution in [0.25, 0.3) is 0 Å². The van der Waals surface area contributed by atoms with E-state index in [0.29, 0.717) is 0 Å². The Hall–Kier alpha value is 0. The van der Waals surface area contributed by atoms with Gasteiger partial charge in [-0.05, 0) is 61.2 Å². The van der Waals surface area contributed by atoms with Gasteiger partial charge >= 0.3 is 0 Å².